The summed E-state index contributed by atoms with van der Waals surface area (Å²) in [5, 5.41) is 17.8. The van der Waals surface area contributed by atoms with Gasteiger partial charge in [-0.3, -0.25) is 14.4 Å². The molecule has 3 aliphatic rings. The van der Waals surface area contributed by atoms with E-state index in [0.717, 1.165) is 36.3 Å². The highest BCUT2D eigenvalue weighted by atomic mass is 32.2. The van der Waals surface area contributed by atoms with Gasteiger partial charge in [-0.1, -0.05) is 42.0 Å². The molecule has 0 saturated carbocycles. The van der Waals surface area contributed by atoms with Crippen LogP contribution >= 0.6 is 11.8 Å². The summed E-state index contributed by atoms with van der Waals surface area (Å²) < 4.78 is 7.46. The molecule has 12 nitrogen and oxygen atoms in total. The van der Waals surface area contributed by atoms with Crippen LogP contribution in [-0.2, 0) is 25.7 Å². The van der Waals surface area contributed by atoms with E-state index < -0.39 is 5.92 Å². The first-order valence-corrected chi connectivity index (χ1v) is 17.4. The van der Waals surface area contributed by atoms with Crippen LogP contribution in [-0.4, -0.2) is 81.5 Å². The lowest BCUT2D eigenvalue weighted by molar-refractivity contribution is -0.122. The van der Waals surface area contributed by atoms with Gasteiger partial charge in [0.05, 0.1) is 37.4 Å². The number of Topliss-reactive ketones (excluding diaryl/α,β-unsaturated/α-hetero) is 1. The quantitative estimate of drug-likeness (QED) is 0.154. The molecule has 0 spiro atoms. The zero-order valence-corrected chi connectivity index (χ0v) is 27.1. The van der Waals surface area contributed by atoms with E-state index in [2.05, 4.69) is 26.3 Å². The second-order valence-corrected chi connectivity index (χ2v) is 13.6. The number of hydrogen-bond donors (Lipinski definition) is 3. The molecule has 47 heavy (non-hydrogen) atoms. The number of carbonyl (C=O) groups is 4. The van der Waals surface area contributed by atoms with Gasteiger partial charge in [-0.05, 0) is 43.5 Å². The molecule has 1 aromatic heterocycles. The van der Waals surface area contributed by atoms with E-state index in [1.165, 1.54) is 0 Å². The van der Waals surface area contributed by atoms with Crippen LogP contribution in [0.25, 0.3) is 11.3 Å². The largest absolute Gasteiger partial charge is 0.380 e. The Balaban J connectivity index is 0.834. The summed E-state index contributed by atoms with van der Waals surface area (Å²) in [6.07, 6.45) is 6.77. The van der Waals surface area contributed by atoms with Crippen molar-refractivity contribution >= 4 is 46.8 Å². The van der Waals surface area contributed by atoms with Crippen molar-refractivity contribution in [1.29, 1.82) is 0 Å². The molecule has 3 N–H and O–H groups in total. The number of fused-ring (bicyclic) bond motifs is 1. The molecule has 248 valence electrons. The van der Waals surface area contributed by atoms with E-state index >= 15 is 0 Å². The van der Waals surface area contributed by atoms with Crippen molar-refractivity contribution in [3.63, 3.8) is 0 Å². The number of urea groups is 1. The normalized spacial score (nSPS) is 21.8. The maximum atomic E-state index is 12.9. The van der Waals surface area contributed by atoms with Crippen LogP contribution in [0.3, 0.4) is 0 Å². The van der Waals surface area contributed by atoms with Gasteiger partial charge < -0.3 is 25.6 Å². The number of amides is 4. The molecule has 13 heteroatoms. The van der Waals surface area contributed by atoms with Crippen LogP contribution in [0.2, 0.25) is 0 Å². The number of rotatable bonds is 16. The van der Waals surface area contributed by atoms with Gasteiger partial charge in [0, 0.05) is 60.4 Å². The second-order valence-electron chi connectivity index (χ2n) is 12.3. The number of benzene rings is 2. The van der Waals surface area contributed by atoms with Crippen molar-refractivity contribution in [2.24, 2.45) is 5.92 Å². The molecular formula is C34H41N7O5S. The Kier molecular flexibility index (Phi) is 10.8. The predicted molar refractivity (Wildman–Crippen MR) is 180 cm³/mol. The van der Waals surface area contributed by atoms with Gasteiger partial charge in [0.1, 0.15) is 11.5 Å². The van der Waals surface area contributed by atoms with E-state index in [1.807, 2.05) is 72.6 Å². The van der Waals surface area contributed by atoms with Crippen LogP contribution < -0.4 is 20.9 Å². The third-order valence-electron chi connectivity index (χ3n) is 8.89. The standard InChI is InChI=1S/C34H41N7O5S/c42-27(9-4-5-11-30-32-29(22-47-30)36-34(45)37-32)10-6-17-46-18-16-40-21-28(38-39-40)23-12-14-25(15-13-23)35-33(44)24-19-31(43)41(20-24)26-7-2-1-3-8-26/h1-3,7-8,12-15,21,24,29-30,32H,4-6,9-11,16-20,22H2,(H,35,44)(H2,36,37,45)/t24?,29-,30-,32-/m0/s1. The molecule has 3 aliphatic heterocycles. The lowest BCUT2D eigenvalue weighted by atomic mass is 10.0. The molecule has 6 rings (SSSR count). The zero-order valence-electron chi connectivity index (χ0n) is 26.3. The fourth-order valence-electron chi connectivity index (χ4n) is 6.32. The molecule has 0 radical (unpaired) electrons. The minimum atomic E-state index is -0.410. The van der Waals surface area contributed by atoms with E-state index in [9.17, 15) is 19.2 Å². The van der Waals surface area contributed by atoms with Gasteiger partial charge in [-0.25, -0.2) is 9.48 Å². The van der Waals surface area contributed by atoms with Gasteiger partial charge in [0.2, 0.25) is 11.8 Å². The van der Waals surface area contributed by atoms with Crippen LogP contribution in [0.4, 0.5) is 16.2 Å². The fourth-order valence-corrected chi connectivity index (χ4v) is 7.86. The predicted octanol–water partition coefficient (Wildman–Crippen LogP) is 4.03. The first kappa shape index (κ1) is 32.7. The molecule has 4 amide bonds. The second kappa shape index (κ2) is 15.6. The Labute approximate surface area is 278 Å². The zero-order chi connectivity index (χ0) is 32.6. The summed E-state index contributed by atoms with van der Waals surface area (Å²) in [6.45, 7) is 1.90. The number of nitrogens with one attached hydrogen (secondary N) is 3. The summed E-state index contributed by atoms with van der Waals surface area (Å²) in [5.74, 6) is 0.601. The summed E-state index contributed by atoms with van der Waals surface area (Å²) in [5.41, 5.74) is 3.04. The molecule has 3 fully saturated rings. The van der Waals surface area contributed by atoms with E-state index in [-0.39, 0.29) is 42.1 Å². The van der Waals surface area contributed by atoms with Crippen molar-refractivity contribution in [2.45, 2.75) is 68.8 Å². The van der Waals surface area contributed by atoms with Crippen LogP contribution in [0, 0.1) is 5.92 Å². The van der Waals surface area contributed by atoms with E-state index in [1.54, 1.807) is 9.58 Å². The lowest BCUT2D eigenvalue weighted by Crippen LogP contribution is -2.36. The van der Waals surface area contributed by atoms with Crippen molar-refractivity contribution in [2.75, 3.05) is 35.7 Å². The first-order chi connectivity index (χ1) is 22.9. The van der Waals surface area contributed by atoms with Crippen LogP contribution in [0.15, 0.2) is 60.8 Å². The molecular weight excluding hydrogens is 618 g/mol. The molecule has 0 aliphatic carbocycles. The Morgan fingerprint density at radius 1 is 0.979 bits per heavy atom. The number of ether oxygens (including phenoxy) is 1. The smallest absolute Gasteiger partial charge is 0.315 e. The third kappa shape index (κ3) is 8.58. The number of para-hydroxylation sites is 1. The monoisotopic (exact) mass is 659 g/mol. The Bertz CT molecular complexity index is 1550. The minimum absolute atomic E-state index is 0.0504. The number of ketones is 1. The summed E-state index contributed by atoms with van der Waals surface area (Å²) in [6, 6.07) is 17.2. The Morgan fingerprint density at radius 3 is 2.62 bits per heavy atom. The average Bonchev–Trinajstić information content (AvgIpc) is 3.87. The topological polar surface area (TPSA) is 148 Å². The van der Waals surface area contributed by atoms with Crippen molar-refractivity contribution in [3.8, 4) is 11.3 Å². The van der Waals surface area contributed by atoms with Crippen molar-refractivity contribution in [3.05, 3.63) is 60.8 Å². The average molecular weight is 660 g/mol. The minimum Gasteiger partial charge on any atom is -0.380 e. The highest BCUT2D eigenvalue weighted by Gasteiger charge is 2.42. The first-order valence-electron chi connectivity index (χ1n) is 16.4. The van der Waals surface area contributed by atoms with Crippen molar-refractivity contribution in [1.82, 2.24) is 25.6 Å². The van der Waals surface area contributed by atoms with E-state index in [0.29, 0.717) is 62.2 Å². The summed E-state index contributed by atoms with van der Waals surface area (Å²) in [4.78, 5) is 50.8. The SMILES string of the molecule is O=C(CCCC[C@@H]1SC[C@@H]2NC(=O)N[C@@H]21)CCCOCCn1cc(-c2ccc(NC(=O)C3CC(=O)N(c4ccccc4)C3)cc2)nn1. The number of carbonyl (C=O) groups excluding carboxylic acids is 4. The number of hydrogen-bond acceptors (Lipinski definition) is 8. The van der Waals surface area contributed by atoms with Crippen LogP contribution in [0.5, 0.6) is 0 Å². The summed E-state index contributed by atoms with van der Waals surface area (Å²) >= 11 is 1.91. The molecule has 0 bridgehead atoms. The Hall–Kier alpha value is -4.23. The highest BCUT2D eigenvalue weighted by molar-refractivity contribution is 8.00. The van der Waals surface area contributed by atoms with Gasteiger partial charge in [-0.15, -0.1) is 5.10 Å². The number of thioether (sulfide) groups is 1. The highest BCUT2D eigenvalue weighted by Crippen LogP contribution is 2.33. The molecule has 2 aromatic carbocycles. The summed E-state index contributed by atoms with van der Waals surface area (Å²) in [7, 11) is 0. The lowest BCUT2D eigenvalue weighted by Gasteiger charge is -2.16. The van der Waals surface area contributed by atoms with Crippen LogP contribution in [0.1, 0.15) is 44.9 Å². The van der Waals surface area contributed by atoms with Gasteiger partial charge in [-0.2, -0.15) is 11.8 Å². The number of aromatic nitrogens is 3. The maximum Gasteiger partial charge on any atom is 0.315 e. The van der Waals surface area contributed by atoms with Gasteiger partial charge in [0.15, 0.2) is 0 Å². The molecule has 3 aromatic rings. The molecule has 4 atom stereocenters. The van der Waals surface area contributed by atoms with E-state index in [4.69, 9.17) is 4.74 Å². The number of unbranched alkanes of at least 4 members (excludes halogenated alkanes) is 1. The Morgan fingerprint density at radius 2 is 1.79 bits per heavy atom. The molecule has 4 heterocycles. The molecule has 1 unspecified atom stereocenters. The number of nitrogens with zero attached hydrogens (tertiary/aromatic N) is 4. The third-order valence-corrected chi connectivity index (χ3v) is 10.4. The van der Waals surface area contributed by atoms with Gasteiger partial charge >= 0.3 is 6.03 Å². The fraction of sp³-hybridized carbons (Fsp3) is 0.471. The van der Waals surface area contributed by atoms with Gasteiger partial charge in [0.25, 0.3) is 0 Å². The van der Waals surface area contributed by atoms with Crippen molar-refractivity contribution < 1.29 is 23.9 Å². The maximum absolute atomic E-state index is 12.9. The number of anilines is 2. The molecule has 3 saturated heterocycles.